The minimum atomic E-state index is -3.46. The quantitative estimate of drug-likeness (QED) is 0.585. The highest BCUT2D eigenvalue weighted by atomic mass is 32.2. The fraction of sp³-hybridized carbons (Fsp3) is 0.500. The normalized spacial score (nSPS) is 27.9. The number of pyridine rings is 1. The molecule has 0 saturated heterocycles. The zero-order valence-electron chi connectivity index (χ0n) is 20.0. The number of allylic oxidation sites excluding steroid dienone is 2. The number of carboxylic acids is 1. The molecule has 180 valence electrons. The number of hydrogen-bond acceptors (Lipinski definition) is 4. The van der Waals surface area contributed by atoms with Crippen LogP contribution in [0.25, 0.3) is 5.57 Å². The summed E-state index contributed by atoms with van der Waals surface area (Å²) < 4.78 is 25.5. The van der Waals surface area contributed by atoms with Gasteiger partial charge in [0.05, 0.1) is 10.6 Å². The van der Waals surface area contributed by atoms with Gasteiger partial charge in [-0.05, 0) is 115 Å². The Labute approximate surface area is 202 Å². The lowest BCUT2D eigenvalue weighted by Crippen LogP contribution is -2.41. The Balaban J connectivity index is 1.38. The van der Waals surface area contributed by atoms with E-state index in [1.807, 2.05) is 24.5 Å². The van der Waals surface area contributed by atoms with Gasteiger partial charge in [-0.2, -0.15) is 0 Å². The van der Waals surface area contributed by atoms with Gasteiger partial charge >= 0.3 is 5.97 Å². The van der Waals surface area contributed by atoms with E-state index in [-0.39, 0.29) is 24.0 Å². The van der Waals surface area contributed by atoms with E-state index in [1.165, 1.54) is 27.8 Å². The number of hydrogen-bond donors (Lipinski definition) is 1. The van der Waals surface area contributed by atoms with E-state index in [0.29, 0.717) is 22.6 Å². The van der Waals surface area contributed by atoms with Crippen molar-refractivity contribution in [1.82, 2.24) is 4.98 Å². The monoisotopic (exact) mass is 479 g/mol. The fourth-order valence-corrected chi connectivity index (χ4v) is 8.37. The number of aromatic nitrogens is 1. The molecule has 4 atom stereocenters. The molecule has 2 aromatic rings. The first kappa shape index (κ1) is 23.3. The summed E-state index contributed by atoms with van der Waals surface area (Å²) in [5, 5.41) is 8.82. The van der Waals surface area contributed by atoms with E-state index >= 15 is 0 Å². The van der Waals surface area contributed by atoms with E-state index in [1.54, 1.807) is 6.07 Å². The smallest absolute Gasteiger partial charge is 0.303 e. The number of carbonyl (C=O) groups is 1. The third-order valence-corrected chi connectivity index (χ3v) is 10.6. The second-order valence-electron chi connectivity index (χ2n) is 10.6. The molecule has 1 aromatic heterocycles. The van der Waals surface area contributed by atoms with Crippen molar-refractivity contribution in [3.05, 3.63) is 65.0 Å². The topological polar surface area (TPSA) is 84.3 Å². The van der Waals surface area contributed by atoms with Crippen LogP contribution in [0.2, 0.25) is 0 Å². The molecule has 6 heteroatoms. The SMILES string of the molecule is Cc1ccncc1C1=CC[C@H]2[C@@H]3CCc4cc(S(=O)(=O)CCCC(=O)O)ccc4[C@H]3CC[C@]12C. The second-order valence-corrected chi connectivity index (χ2v) is 12.7. The van der Waals surface area contributed by atoms with Crippen molar-refractivity contribution in [1.29, 1.82) is 0 Å². The molecule has 0 bridgehead atoms. The molecule has 0 unspecified atom stereocenters. The molecule has 1 aromatic carbocycles. The molecule has 3 aliphatic carbocycles. The Morgan fingerprint density at radius 2 is 2.06 bits per heavy atom. The Kier molecular flexibility index (Phi) is 5.91. The summed E-state index contributed by atoms with van der Waals surface area (Å²) in [5.74, 6) is 0.614. The number of fused-ring (bicyclic) bond motifs is 5. The number of rotatable bonds is 6. The van der Waals surface area contributed by atoms with Crippen LogP contribution in [-0.2, 0) is 21.1 Å². The van der Waals surface area contributed by atoms with Crippen LogP contribution in [0.15, 0.2) is 47.6 Å². The number of nitrogens with zero attached hydrogens (tertiary/aromatic N) is 1. The number of aryl methyl sites for hydroxylation is 2. The molecule has 1 N–H and O–H groups in total. The van der Waals surface area contributed by atoms with Crippen LogP contribution >= 0.6 is 0 Å². The minimum Gasteiger partial charge on any atom is -0.481 e. The van der Waals surface area contributed by atoms with E-state index in [0.717, 1.165) is 32.1 Å². The van der Waals surface area contributed by atoms with E-state index in [9.17, 15) is 13.2 Å². The van der Waals surface area contributed by atoms with Crippen molar-refractivity contribution >= 4 is 21.4 Å². The van der Waals surface area contributed by atoms with Crippen molar-refractivity contribution in [3.8, 4) is 0 Å². The Bertz CT molecular complexity index is 1260. The number of benzene rings is 1. The summed E-state index contributed by atoms with van der Waals surface area (Å²) in [5.41, 5.74) is 6.71. The first-order valence-electron chi connectivity index (χ1n) is 12.4. The van der Waals surface area contributed by atoms with Gasteiger partial charge in [-0.15, -0.1) is 0 Å². The summed E-state index contributed by atoms with van der Waals surface area (Å²) >= 11 is 0. The van der Waals surface area contributed by atoms with Crippen LogP contribution in [0.5, 0.6) is 0 Å². The first-order valence-corrected chi connectivity index (χ1v) is 14.0. The van der Waals surface area contributed by atoms with Gasteiger partial charge in [0.1, 0.15) is 0 Å². The van der Waals surface area contributed by atoms with Crippen LogP contribution in [-0.4, -0.2) is 30.2 Å². The molecule has 3 aliphatic rings. The average molecular weight is 480 g/mol. The van der Waals surface area contributed by atoms with Crippen molar-refractivity contribution in [2.45, 2.75) is 69.6 Å². The predicted molar refractivity (Wildman–Crippen MR) is 132 cm³/mol. The van der Waals surface area contributed by atoms with Gasteiger partial charge in [-0.25, -0.2) is 8.42 Å². The van der Waals surface area contributed by atoms with Crippen molar-refractivity contribution < 1.29 is 18.3 Å². The highest BCUT2D eigenvalue weighted by Gasteiger charge is 2.52. The van der Waals surface area contributed by atoms with Crippen molar-refractivity contribution in [2.24, 2.45) is 17.3 Å². The van der Waals surface area contributed by atoms with E-state index in [2.05, 4.69) is 31.0 Å². The number of carboxylic acid groups (broad SMARTS) is 1. The zero-order chi connectivity index (χ0) is 24.1. The van der Waals surface area contributed by atoms with E-state index in [4.69, 9.17) is 5.11 Å². The van der Waals surface area contributed by atoms with Gasteiger partial charge in [-0.3, -0.25) is 9.78 Å². The van der Waals surface area contributed by atoms with E-state index < -0.39 is 15.8 Å². The maximum absolute atomic E-state index is 12.8. The molecule has 5 rings (SSSR count). The lowest BCUT2D eigenvalue weighted by Gasteiger charge is -2.50. The standard InChI is InChI=1S/C28H33NO4S/c1-18-12-14-29-17-24(18)26-10-9-25-23-7-5-19-16-20(34(32,33)15-3-4-27(30)31)6-8-21(19)22(23)11-13-28(25,26)2/h6,8,10,12,14,16-17,22-23,25H,3-5,7,9,11,13,15H2,1-2H3,(H,30,31)/t22-,23-,25+,28+/m1/s1. The van der Waals surface area contributed by atoms with Gasteiger partial charge in [0.15, 0.2) is 9.84 Å². The van der Waals surface area contributed by atoms with Crippen LogP contribution in [0.1, 0.15) is 73.6 Å². The molecule has 1 saturated carbocycles. The van der Waals surface area contributed by atoms with Crippen molar-refractivity contribution in [2.75, 3.05) is 5.75 Å². The van der Waals surface area contributed by atoms with Gasteiger partial charge in [0.2, 0.25) is 0 Å². The predicted octanol–water partition coefficient (Wildman–Crippen LogP) is 5.58. The second kappa shape index (κ2) is 8.63. The summed E-state index contributed by atoms with van der Waals surface area (Å²) in [4.78, 5) is 15.5. The maximum atomic E-state index is 12.8. The third-order valence-electron chi connectivity index (χ3n) is 8.77. The Morgan fingerprint density at radius 3 is 2.82 bits per heavy atom. The molecular weight excluding hydrogens is 446 g/mol. The van der Waals surface area contributed by atoms with Crippen LogP contribution in [0.4, 0.5) is 0 Å². The molecule has 1 heterocycles. The maximum Gasteiger partial charge on any atom is 0.303 e. The number of aliphatic carboxylic acids is 1. The van der Waals surface area contributed by atoms with Gasteiger partial charge < -0.3 is 5.11 Å². The van der Waals surface area contributed by atoms with Crippen LogP contribution in [0.3, 0.4) is 0 Å². The Morgan fingerprint density at radius 1 is 1.24 bits per heavy atom. The highest BCUT2D eigenvalue weighted by Crippen LogP contribution is 2.63. The summed E-state index contributed by atoms with van der Waals surface area (Å²) in [6.45, 7) is 4.62. The molecule has 0 amide bonds. The van der Waals surface area contributed by atoms with Gasteiger partial charge in [0.25, 0.3) is 0 Å². The van der Waals surface area contributed by atoms with Crippen LogP contribution in [0, 0.1) is 24.2 Å². The van der Waals surface area contributed by atoms with Gasteiger partial charge in [-0.1, -0.05) is 19.1 Å². The summed E-state index contributed by atoms with van der Waals surface area (Å²) in [6.07, 6.45) is 11.7. The third kappa shape index (κ3) is 3.90. The molecule has 0 radical (unpaired) electrons. The van der Waals surface area contributed by atoms with Crippen LogP contribution < -0.4 is 0 Å². The number of sulfone groups is 1. The molecule has 5 nitrogen and oxygen atoms in total. The summed E-state index contributed by atoms with van der Waals surface area (Å²) in [6, 6.07) is 7.77. The molecule has 0 aliphatic heterocycles. The average Bonchev–Trinajstić information content (AvgIpc) is 3.15. The summed E-state index contributed by atoms with van der Waals surface area (Å²) in [7, 11) is -3.46. The highest BCUT2D eigenvalue weighted by molar-refractivity contribution is 7.91. The molecule has 1 fully saturated rings. The first-order chi connectivity index (χ1) is 16.2. The minimum absolute atomic E-state index is 0.118. The Hall–Kier alpha value is -2.47. The zero-order valence-corrected chi connectivity index (χ0v) is 20.8. The lowest BCUT2D eigenvalue weighted by molar-refractivity contribution is -0.137. The molecular formula is C28H33NO4S. The molecule has 0 spiro atoms. The van der Waals surface area contributed by atoms with Gasteiger partial charge in [0, 0.05) is 18.8 Å². The molecule has 34 heavy (non-hydrogen) atoms. The lowest BCUT2D eigenvalue weighted by atomic mass is 9.54. The van der Waals surface area contributed by atoms with Crippen molar-refractivity contribution in [3.63, 3.8) is 0 Å². The largest absolute Gasteiger partial charge is 0.481 e. The fourth-order valence-electron chi connectivity index (χ4n) is 7.01.